The van der Waals surface area contributed by atoms with Crippen LogP contribution >= 0.6 is 11.3 Å². The van der Waals surface area contributed by atoms with Gasteiger partial charge in [0.05, 0.1) is 17.2 Å². The van der Waals surface area contributed by atoms with Crippen molar-refractivity contribution in [1.29, 1.82) is 5.26 Å². The number of hydrogen-bond donors (Lipinski definition) is 1. The van der Waals surface area contributed by atoms with Crippen molar-refractivity contribution in [3.63, 3.8) is 0 Å². The number of nitriles is 1. The number of aryl methyl sites for hydroxylation is 2. The van der Waals surface area contributed by atoms with E-state index >= 15 is 0 Å². The molecule has 0 bridgehead atoms. The van der Waals surface area contributed by atoms with Gasteiger partial charge in [0.25, 0.3) is 5.56 Å². The van der Waals surface area contributed by atoms with E-state index in [4.69, 9.17) is 4.42 Å². The van der Waals surface area contributed by atoms with Crippen molar-refractivity contribution in [2.45, 2.75) is 13.8 Å². The molecule has 0 atom stereocenters. The SMILES string of the molecule is Cc1sc2nc(/C(C#N)=C/c3ccco3)[nH]c(=O)c2c1C. The second-order valence-corrected chi connectivity index (χ2v) is 5.77. The summed E-state index contributed by atoms with van der Waals surface area (Å²) in [5.41, 5.74) is 0.967. The number of rotatable bonds is 2. The topological polar surface area (TPSA) is 82.7 Å². The normalized spacial score (nSPS) is 11.8. The number of aromatic amines is 1. The molecule has 6 heteroatoms. The molecule has 0 saturated carbocycles. The molecule has 21 heavy (non-hydrogen) atoms. The van der Waals surface area contributed by atoms with Gasteiger partial charge in [-0.25, -0.2) is 4.98 Å². The van der Waals surface area contributed by atoms with Crippen LogP contribution in [0.15, 0.2) is 27.6 Å². The molecule has 3 heterocycles. The number of furan rings is 1. The molecule has 0 aromatic carbocycles. The second kappa shape index (κ2) is 5.04. The van der Waals surface area contributed by atoms with Crippen LogP contribution in [-0.2, 0) is 0 Å². The molecule has 3 aromatic heterocycles. The van der Waals surface area contributed by atoms with Gasteiger partial charge in [-0.05, 0) is 31.5 Å². The summed E-state index contributed by atoms with van der Waals surface area (Å²) in [6.07, 6.45) is 3.07. The highest BCUT2D eigenvalue weighted by Gasteiger charge is 2.14. The number of nitrogens with zero attached hydrogens (tertiary/aromatic N) is 2. The van der Waals surface area contributed by atoms with Crippen LogP contribution in [0.5, 0.6) is 0 Å². The zero-order valence-electron chi connectivity index (χ0n) is 11.4. The van der Waals surface area contributed by atoms with E-state index in [9.17, 15) is 10.1 Å². The molecule has 104 valence electrons. The molecule has 5 nitrogen and oxygen atoms in total. The Morgan fingerprint density at radius 3 is 3.00 bits per heavy atom. The molecule has 1 N–H and O–H groups in total. The van der Waals surface area contributed by atoms with E-state index in [1.165, 1.54) is 17.6 Å². The molecule has 0 unspecified atom stereocenters. The molecular weight excluding hydrogens is 286 g/mol. The Balaban J connectivity index is 2.21. The molecule has 0 aliphatic heterocycles. The summed E-state index contributed by atoms with van der Waals surface area (Å²) in [6, 6.07) is 5.50. The average Bonchev–Trinajstić information content (AvgIpc) is 3.05. The van der Waals surface area contributed by atoms with Crippen LogP contribution in [0, 0.1) is 25.2 Å². The third-order valence-electron chi connectivity index (χ3n) is 3.24. The smallest absolute Gasteiger partial charge is 0.260 e. The first kappa shape index (κ1) is 13.3. The van der Waals surface area contributed by atoms with Crippen LogP contribution in [0.25, 0.3) is 21.9 Å². The lowest BCUT2D eigenvalue weighted by Gasteiger charge is -1.98. The summed E-state index contributed by atoms with van der Waals surface area (Å²) in [4.78, 5) is 21.0. The second-order valence-electron chi connectivity index (χ2n) is 4.56. The van der Waals surface area contributed by atoms with Crippen LogP contribution in [-0.4, -0.2) is 9.97 Å². The van der Waals surface area contributed by atoms with E-state index in [1.54, 1.807) is 18.2 Å². The first-order chi connectivity index (χ1) is 10.1. The molecule has 0 spiro atoms. The highest BCUT2D eigenvalue weighted by molar-refractivity contribution is 7.18. The van der Waals surface area contributed by atoms with Gasteiger partial charge in [0.1, 0.15) is 16.7 Å². The molecule has 0 fully saturated rings. The Bertz CT molecular complexity index is 940. The number of hydrogen-bond acceptors (Lipinski definition) is 5. The number of aromatic nitrogens is 2. The Morgan fingerprint density at radius 1 is 1.52 bits per heavy atom. The summed E-state index contributed by atoms with van der Waals surface area (Å²) in [6.45, 7) is 3.85. The first-order valence-electron chi connectivity index (χ1n) is 6.26. The number of allylic oxidation sites excluding steroid dienone is 1. The quantitative estimate of drug-likeness (QED) is 0.736. The third kappa shape index (κ3) is 2.28. The summed E-state index contributed by atoms with van der Waals surface area (Å²) >= 11 is 1.45. The zero-order chi connectivity index (χ0) is 15.0. The van der Waals surface area contributed by atoms with Gasteiger partial charge in [-0.15, -0.1) is 11.3 Å². The van der Waals surface area contributed by atoms with E-state index in [0.717, 1.165) is 10.4 Å². The van der Waals surface area contributed by atoms with Gasteiger partial charge in [-0.1, -0.05) is 0 Å². The summed E-state index contributed by atoms with van der Waals surface area (Å²) in [5.74, 6) is 0.792. The monoisotopic (exact) mass is 297 g/mol. The van der Waals surface area contributed by atoms with Crippen LogP contribution in [0.3, 0.4) is 0 Å². The molecule has 0 aliphatic rings. The van der Waals surface area contributed by atoms with Gasteiger partial charge < -0.3 is 9.40 Å². The lowest BCUT2D eigenvalue weighted by atomic mass is 10.2. The van der Waals surface area contributed by atoms with Gasteiger partial charge in [0.15, 0.2) is 5.82 Å². The summed E-state index contributed by atoms with van der Waals surface area (Å²) in [7, 11) is 0. The highest BCUT2D eigenvalue weighted by Crippen LogP contribution is 2.26. The summed E-state index contributed by atoms with van der Waals surface area (Å²) in [5, 5.41) is 9.88. The van der Waals surface area contributed by atoms with Crippen LogP contribution in [0.2, 0.25) is 0 Å². The molecule has 3 rings (SSSR count). The fourth-order valence-electron chi connectivity index (χ4n) is 2.05. The number of fused-ring (bicyclic) bond motifs is 1. The van der Waals surface area contributed by atoms with E-state index in [0.29, 0.717) is 16.0 Å². The Morgan fingerprint density at radius 2 is 2.33 bits per heavy atom. The zero-order valence-corrected chi connectivity index (χ0v) is 12.2. The maximum atomic E-state index is 12.2. The lowest BCUT2D eigenvalue weighted by molar-refractivity contribution is 0.557. The average molecular weight is 297 g/mol. The molecule has 0 aliphatic carbocycles. The molecule has 0 saturated heterocycles. The predicted octanol–water partition coefficient (Wildman–Crippen LogP) is 3.26. The van der Waals surface area contributed by atoms with Crippen molar-refractivity contribution in [1.82, 2.24) is 9.97 Å². The molecule has 3 aromatic rings. The number of H-pyrrole nitrogens is 1. The highest BCUT2D eigenvalue weighted by atomic mass is 32.1. The van der Waals surface area contributed by atoms with Crippen molar-refractivity contribution in [2.75, 3.05) is 0 Å². The first-order valence-corrected chi connectivity index (χ1v) is 7.07. The van der Waals surface area contributed by atoms with Gasteiger partial charge in [0.2, 0.25) is 0 Å². The molecule has 0 radical (unpaired) electrons. The standard InChI is InChI=1S/C15H11N3O2S/c1-8-9(2)21-15-12(8)14(19)17-13(18-15)10(7-16)6-11-4-3-5-20-11/h3-6H,1-2H3,(H,17,18,19)/b10-6+. The van der Waals surface area contributed by atoms with Crippen molar-refractivity contribution in [3.8, 4) is 6.07 Å². The maximum absolute atomic E-state index is 12.2. The van der Waals surface area contributed by atoms with Gasteiger partial charge in [-0.3, -0.25) is 4.79 Å². The minimum Gasteiger partial charge on any atom is -0.465 e. The van der Waals surface area contributed by atoms with Crippen LogP contribution < -0.4 is 5.56 Å². The van der Waals surface area contributed by atoms with Crippen molar-refractivity contribution < 1.29 is 4.42 Å². The molecule has 0 amide bonds. The van der Waals surface area contributed by atoms with E-state index < -0.39 is 0 Å². The van der Waals surface area contributed by atoms with Gasteiger partial charge >= 0.3 is 0 Å². The Kier molecular flexibility index (Phi) is 3.20. The van der Waals surface area contributed by atoms with Crippen molar-refractivity contribution in [2.24, 2.45) is 0 Å². The van der Waals surface area contributed by atoms with E-state index in [1.807, 2.05) is 19.9 Å². The molecular formula is C15H11N3O2S. The lowest BCUT2D eigenvalue weighted by Crippen LogP contribution is -2.10. The van der Waals surface area contributed by atoms with Crippen molar-refractivity contribution in [3.05, 3.63) is 50.8 Å². The number of nitrogens with one attached hydrogen (secondary N) is 1. The maximum Gasteiger partial charge on any atom is 0.260 e. The summed E-state index contributed by atoms with van der Waals surface area (Å²) < 4.78 is 5.18. The predicted molar refractivity (Wildman–Crippen MR) is 81.9 cm³/mol. The fraction of sp³-hybridized carbons (Fsp3) is 0.133. The number of thiophene rings is 1. The van der Waals surface area contributed by atoms with Crippen LogP contribution in [0.1, 0.15) is 22.0 Å². The Hall–Kier alpha value is -2.65. The van der Waals surface area contributed by atoms with E-state index in [2.05, 4.69) is 9.97 Å². The Labute approximate surface area is 124 Å². The van der Waals surface area contributed by atoms with E-state index in [-0.39, 0.29) is 17.0 Å². The third-order valence-corrected chi connectivity index (χ3v) is 4.35. The minimum absolute atomic E-state index is 0.225. The largest absolute Gasteiger partial charge is 0.465 e. The fourth-order valence-corrected chi connectivity index (χ4v) is 3.08. The minimum atomic E-state index is -0.225. The van der Waals surface area contributed by atoms with Gasteiger partial charge in [0, 0.05) is 11.0 Å². The van der Waals surface area contributed by atoms with Crippen molar-refractivity contribution >= 4 is 33.2 Å². The van der Waals surface area contributed by atoms with Gasteiger partial charge in [-0.2, -0.15) is 5.26 Å². The van der Waals surface area contributed by atoms with Crippen LogP contribution in [0.4, 0.5) is 0 Å².